The molecule has 4 heteroatoms. The summed E-state index contributed by atoms with van der Waals surface area (Å²) in [4.78, 5) is 3.61. The van der Waals surface area contributed by atoms with Gasteiger partial charge in [0.2, 0.25) is 5.95 Å². The number of nitrogens with zero attached hydrogens (tertiary/aromatic N) is 2. The van der Waals surface area contributed by atoms with Crippen LogP contribution < -0.4 is 5.73 Å². The van der Waals surface area contributed by atoms with Crippen LogP contribution in [-0.4, -0.2) is 9.55 Å². The van der Waals surface area contributed by atoms with Crippen molar-refractivity contribution in [2.45, 2.75) is 19.8 Å². The van der Waals surface area contributed by atoms with E-state index in [1.54, 1.807) is 0 Å². The highest BCUT2D eigenvalue weighted by Crippen LogP contribution is 2.28. The Morgan fingerprint density at radius 3 is 2.78 bits per heavy atom. The Kier molecular flexibility index (Phi) is 4.15. The van der Waals surface area contributed by atoms with Crippen molar-refractivity contribution in [3.63, 3.8) is 0 Å². The Balaban J connectivity index is 2.09. The number of pyridine rings is 1. The fourth-order valence-corrected chi connectivity index (χ4v) is 2.93. The van der Waals surface area contributed by atoms with Crippen molar-refractivity contribution in [1.82, 2.24) is 9.55 Å². The van der Waals surface area contributed by atoms with E-state index in [4.69, 9.17) is 5.73 Å². The van der Waals surface area contributed by atoms with Crippen LogP contribution in [0, 0.1) is 5.95 Å². The van der Waals surface area contributed by atoms with Gasteiger partial charge in [0.05, 0.1) is 0 Å². The summed E-state index contributed by atoms with van der Waals surface area (Å²) >= 11 is 0. The van der Waals surface area contributed by atoms with Crippen LogP contribution in [0.5, 0.6) is 0 Å². The molecule has 0 bridgehead atoms. The molecule has 0 aliphatic rings. The number of halogens is 1. The largest absolute Gasteiger partial charge is 0.402 e. The molecule has 0 fully saturated rings. The predicted octanol–water partition coefficient (Wildman–Crippen LogP) is 4.17. The quantitative estimate of drug-likeness (QED) is 0.735. The summed E-state index contributed by atoms with van der Waals surface area (Å²) in [7, 11) is 2.03. The van der Waals surface area contributed by atoms with Crippen molar-refractivity contribution in [3.8, 4) is 11.1 Å². The topological polar surface area (TPSA) is 43.8 Å². The van der Waals surface area contributed by atoms with Crippen molar-refractivity contribution < 1.29 is 4.39 Å². The van der Waals surface area contributed by atoms with Gasteiger partial charge in [0.15, 0.2) is 0 Å². The molecule has 0 amide bonds. The maximum Gasteiger partial charge on any atom is 0.213 e. The molecular formula is C19H20FN3. The van der Waals surface area contributed by atoms with Crippen molar-refractivity contribution in [2.24, 2.45) is 12.8 Å². The molecule has 0 saturated carbocycles. The first kappa shape index (κ1) is 15.3. The molecule has 1 aromatic carbocycles. The van der Waals surface area contributed by atoms with Gasteiger partial charge in [0.25, 0.3) is 0 Å². The number of nitrogens with two attached hydrogens (primary N) is 1. The minimum atomic E-state index is -0.467. The molecule has 0 saturated heterocycles. The number of benzene rings is 1. The minimum Gasteiger partial charge on any atom is -0.402 e. The van der Waals surface area contributed by atoms with E-state index in [-0.39, 0.29) is 0 Å². The summed E-state index contributed by atoms with van der Waals surface area (Å²) in [5, 5.41) is 1.15. The van der Waals surface area contributed by atoms with Crippen LogP contribution in [-0.2, 0) is 13.5 Å². The number of fused-ring (bicyclic) bond motifs is 1. The second-order valence-corrected chi connectivity index (χ2v) is 5.73. The lowest BCUT2D eigenvalue weighted by atomic mass is 10.0. The van der Waals surface area contributed by atoms with Gasteiger partial charge in [-0.05, 0) is 41.3 Å². The predicted molar refractivity (Wildman–Crippen MR) is 92.4 cm³/mol. The lowest BCUT2D eigenvalue weighted by Crippen LogP contribution is -2.00. The van der Waals surface area contributed by atoms with Gasteiger partial charge in [-0.3, -0.25) is 0 Å². The van der Waals surface area contributed by atoms with Crippen LogP contribution in [0.4, 0.5) is 4.39 Å². The van der Waals surface area contributed by atoms with Crippen LogP contribution in [0.15, 0.2) is 54.5 Å². The number of rotatable bonds is 4. The van der Waals surface area contributed by atoms with Crippen molar-refractivity contribution in [1.29, 1.82) is 0 Å². The third-order valence-electron chi connectivity index (χ3n) is 3.99. The minimum absolute atomic E-state index is 0.467. The maximum atomic E-state index is 13.4. The second kappa shape index (κ2) is 6.24. The molecule has 0 atom stereocenters. The van der Waals surface area contributed by atoms with Crippen LogP contribution in [0.1, 0.15) is 18.9 Å². The second-order valence-electron chi connectivity index (χ2n) is 5.73. The van der Waals surface area contributed by atoms with Crippen LogP contribution in [0.3, 0.4) is 0 Å². The SMILES string of the molecule is CCC=C(N)Cc1cn(C)c2ccc(-c3ccnc(F)c3)cc12. The van der Waals surface area contributed by atoms with E-state index in [1.165, 1.54) is 17.8 Å². The summed E-state index contributed by atoms with van der Waals surface area (Å²) in [5.41, 5.74) is 11.1. The highest BCUT2D eigenvalue weighted by Gasteiger charge is 2.09. The summed E-state index contributed by atoms with van der Waals surface area (Å²) in [6, 6.07) is 9.43. The van der Waals surface area contributed by atoms with Gasteiger partial charge in [-0.2, -0.15) is 4.39 Å². The summed E-state index contributed by atoms with van der Waals surface area (Å²) < 4.78 is 15.5. The molecule has 0 unspecified atom stereocenters. The Bertz CT molecular complexity index is 877. The van der Waals surface area contributed by atoms with Gasteiger partial charge >= 0.3 is 0 Å². The molecule has 23 heavy (non-hydrogen) atoms. The van der Waals surface area contributed by atoms with Gasteiger partial charge in [-0.15, -0.1) is 0 Å². The molecule has 2 N–H and O–H groups in total. The highest BCUT2D eigenvalue weighted by molar-refractivity contribution is 5.88. The number of allylic oxidation sites excluding steroid dienone is 2. The average Bonchev–Trinajstić information content (AvgIpc) is 2.83. The maximum absolute atomic E-state index is 13.4. The van der Waals surface area contributed by atoms with E-state index in [2.05, 4.69) is 34.8 Å². The van der Waals surface area contributed by atoms with E-state index in [9.17, 15) is 4.39 Å². The molecule has 2 aromatic heterocycles. The lowest BCUT2D eigenvalue weighted by Gasteiger charge is -2.05. The van der Waals surface area contributed by atoms with E-state index in [1.807, 2.05) is 25.3 Å². The van der Waals surface area contributed by atoms with Gasteiger partial charge in [0.1, 0.15) is 0 Å². The third kappa shape index (κ3) is 3.11. The summed E-state index contributed by atoms with van der Waals surface area (Å²) in [6.45, 7) is 2.08. The fraction of sp³-hybridized carbons (Fsp3) is 0.211. The fourth-order valence-electron chi connectivity index (χ4n) is 2.93. The zero-order valence-corrected chi connectivity index (χ0v) is 13.4. The van der Waals surface area contributed by atoms with Gasteiger partial charge in [-0.1, -0.05) is 19.1 Å². The Morgan fingerprint density at radius 1 is 1.26 bits per heavy atom. The Morgan fingerprint density at radius 2 is 2.04 bits per heavy atom. The van der Waals surface area contributed by atoms with Crippen molar-refractivity contribution in [3.05, 3.63) is 66.0 Å². The smallest absolute Gasteiger partial charge is 0.213 e. The molecule has 3 aromatic rings. The zero-order valence-electron chi connectivity index (χ0n) is 13.4. The molecule has 0 aliphatic carbocycles. The lowest BCUT2D eigenvalue weighted by molar-refractivity contribution is 0.584. The van der Waals surface area contributed by atoms with E-state index in [0.717, 1.165) is 40.6 Å². The molecular weight excluding hydrogens is 289 g/mol. The molecule has 3 rings (SSSR count). The molecule has 2 heterocycles. The first-order valence-electron chi connectivity index (χ1n) is 7.73. The van der Waals surface area contributed by atoms with Crippen LogP contribution in [0.2, 0.25) is 0 Å². The van der Waals surface area contributed by atoms with E-state index in [0.29, 0.717) is 0 Å². The van der Waals surface area contributed by atoms with Crippen molar-refractivity contribution >= 4 is 10.9 Å². The van der Waals surface area contributed by atoms with Crippen LogP contribution >= 0.6 is 0 Å². The van der Waals surface area contributed by atoms with E-state index < -0.39 is 5.95 Å². The normalized spacial score (nSPS) is 12.0. The van der Waals surface area contributed by atoms with Crippen LogP contribution in [0.25, 0.3) is 22.0 Å². The van der Waals surface area contributed by atoms with E-state index >= 15 is 0 Å². The van der Waals surface area contributed by atoms with Crippen molar-refractivity contribution in [2.75, 3.05) is 0 Å². The Labute approximate surface area is 135 Å². The first-order chi connectivity index (χ1) is 11.1. The molecule has 0 radical (unpaired) electrons. The highest BCUT2D eigenvalue weighted by atomic mass is 19.1. The monoisotopic (exact) mass is 309 g/mol. The zero-order chi connectivity index (χ0) is 16.4. The number of hydrogen-bond acceptors (Lipinski definition) is 2. The van der Waals surface area contributed by atoms with Gasteiger partial charge < -0.3 is 10.3 Å². The van der Waals surface area contributed by atoms with Gasteiger partial charge in [0, 0.05) is 48.5 Å². The molecule has 3 nitrogen and oxygen atoms in total. The average molecular weight is 309 g/mol. The third-order valence-corrected chi connectivity index (χ3v) is 3.99. The molecule has 118 valence electrons. The molecule has 0 spiro atoms. The standard InChI is InChI=1S/C19H20FN3/c1-3-4-16(21)9-15-12-23(2)18-6-5-13(10-17(15)18)14-7-8-22-19(20)11-14/h4-8,10-12H,3,9,21H2,1-2H3. The first-order valence-corrected chi connectivity index (χ1v) is 7.73. The summed E-state index contributed by atoms with van der Waals surface area (Å²) in [6.07, 6.45) is 7.29. The number of aryl methyl sites for hydroxylation is 1. The molecule has 0 aliphatic heterocycles. The van der Waals surface area contributed by atoms with Gasteiger partial charge in [-0.25, -0.2) is 4.98 Å². The number of hydrogen-bond donors (Lipinski definition) is 1. The Hall–Kier alpha value is -2.62. The number of aromatic nitrogens is 2. The summed E-state index contributed by atoms with van der Waals surface area (Å²) in [5.74, 6) is -0.467.